The van der Waals surface area contributed by atoms with Gasteiger partial charge in [0.2, 0.25) is 15.9 Å². The number of hydrogen-bond donors (Lipinski definition) is 2. The fraction of sp³-hybridized carbons (Fsp3) is 0.278. The second-order valence-corrected chi connectivity index (χ2v) is 8.34. The lowest BCUT2D eigenvalue weighted by molar-refractivity contribution is -0.114. The van der Waals surface area contributed by atoms with E-state index in [2.05, 4.69) is 10.6 Å². The molecule has 0 aliphatic carbocycles. The Morgan fingerprint density at radius 3 is 2.37 bits per heavy atom. The highest BCUT2D eigenvalue weighted by molar-refractivity contribution is 7.89. The Morgan fingerprint density at radius 1 is 1.04 bits per heavy atom. The Kier molecular flexibility index (Phi) is 7.49. The number of benzene rings is 2. The highest BCUT2D eigenvalue weighted by Gasteiger charge is 2.29. The van der Waals surface area contributed by atoms with E-state index >= 15 is 0 Å². The van der Waals surface area contributed by atoms with E-state index in [1.165, 1.54) is 16.4 Å². The van der Waals surface area contributed by atoms with Gasteiger partial charge in [0.05, 0.1) is 11.6 Å². The minimum absolute atomic E-state index is 0. The molecule has 2 aromatic rings. The number of carbonyl (C=O) groups is 1. The van der Waals surface area contributed by atoms with Crippen LogP contribution in [-0.2, 0) is 14.8 Å². The molecule has 0 aromatic heterocycles. The van der Waals surface area contributed by atoms with Gasteiger partial charge in [-0.1, -0.05) is 29.8 Å². The maximum Gasteiger partial charge on any atom is 0.244 e. The van der Waals surface area contributed by atoms with Gasteiger partial charge in [0, 0.05) is 24.5 Å². The van der Waals surface area contributed by atoms with Gasteiger partial charge < -0.3 is 10.6 Å². The first-order chi connectivity index (χ1) is 12.5. The zero-order chi connectivity index (χ0) is 18.6. The van der Waals surface area contributed by atoms with Crippen LogP contribution in [0.3, 0.4) is 0 Å². The van der Waals surface area contributed by atoms with Crippen molar-refractivity contribution in [1.29, 1.82) is 0 Å². The number of para-hydroxylation sites is 1. The Labute approximate surface area is 170 Å². The Bertz CT molecular complexity index is 886. The summed E-state index contributed by atoms with van der Waals surface area (Å²) < 4.78 is 26.9. The van der Waals surface area contributed by atoms with Crippen LogP contribution in [-0.4, -0.2) is 38.3 Å². The quantitative estimate of drug-likeness (QED) is 0.734. The topological polar surface area (TPSA) is 78.5 Å². The minimum atomic E-state index is -3.65. The summed E-state index contributed by atoms with van der Waals surface area (Å²) in [5.41, 5.74) is 1.23. The van der Waals surface area contributed by atoms with Crippen molar-refractivity contribution in [2.75, 3.05) is 30.3 Å². The first-order valence-corrected chi connectivity index (χ1v) is 10.2. The highest BCUT2D eigenvalue weighted by Crippen LogP contribution is 2.29. The van der Waals surface area contributed by atoms with Crippen LogP contribution in [0.1, 0.15) is 12.8 Å². The van der Waals surface area contributed by atoms with Crippen molar-refractivity contribution in [2.24, 2.45) is 0 Å². The molecular formula is C18H21Cl2N3O3S. The van der Waals surface area contributed by atoms with Crippen molar-refractivity contribution in [1.82, 2.24) is 4.31 Å². The van der Waals surface area contributed by atoms with Crippen molar-refractivity contribution in [3.63, 3.8) is 0 Å². The smallest absolute Gasteiger partial charge is 0.244 e. The summed E-state index contributed by atoms with van der Waals surface area (Å²) in [5, 5.41) is 5.85. The molecule has 0 bridgehead atoms. The van der Waals surface area contributed by atoms with E-state index in [-0.39, 0.29) is 34.8 Å². The SMILES string of the molecule is Cl.O=C(CNc1ccccc1)Nc1ccc(Cl)c(S(=O)(=O)N2CCCC2)c1. The molecule has 2 aromatic carbocycles. The molecule has 1 aliphatic rings. The summed E-state index contributed by atoms with van der Waals surface area (Å²) in [6, 6.07) is 13.8. The van der Waals surface area contributed by atoms with Gasteiger partial charge in [0.25, 0.3) is 0 Å². The molecule has 1 amide bonds. The summed E-state index contributed by atoms with van der Waals surface area (Å²) in [7, 11) is -3.65. The van der Waals surface area contributed by atoms with Crippen LogP contribution in [0.2, 0.25) is 5.02 Å². The molecule has 0 atom stereocenters. The molecule has 1 aliphatic heterocycles. The summed E-state index contributed by atoms with van der Waals surface area (Å²) >= 11 is 6.11. The number of rotatable bonds is 6. The number of carbonyl (C=O) groups excluding carboxylic acids is 1. The lowest BCUT2D eigenvalue weighted by Crippen LogP contribution is -2.28. The predicted molar refractivity (Wildman–Crippen MR) is 110 cm³/mol. The van der Waals surface area contributed by atoms with Crippen molar-refractivity contribution >= 4 is 51.3 Å². The molecule has 0 spiro atoms. The number of anilines is 2. The van der Waals surface area contributed by atoms with Gasteiger partial charge in [-0.2, -0.15) is 4.31 Å². The van der Waals surface area contributed by atoms with Gasteiger partial charge in [-0.25, -0.2) is 8.42 Å². The summed E-state index contributed by atoms with van der Waals surface area (Å²) in [6.07, 6.45) is 1.69. The number of sulfonamides is 1. The monoisotopic (exact) mass is 429 g/mol. The van der Waals surface area contributed by atoms with Crippen LogP contribution in [0, 0.1) is 0 Å². The third-order valence-corrected chi connectivity index (χ3v) is 6.50. The van der Waals surface area contributed by atoms with Crippen molar-refractivity contribution in [3.8, 4) is 0 Å². The zero-order valence-corrected chi connectivity index (χ0v) is 16.9. The van der Waals surface area contributed by atoms with E-state index in [1.54, 1.807) is 6.07 Å². The van der Waals surface area contributed by atoms with Crippen molar-refractivity contribution in [2.45, 2.75) is 17.7 Å². The molecule has 27 heavy (non-hydrogen) atoms. The third-order valence-electron chi connectivity index (χ3n) is 4.12. The third kappa shape index (κ3) is 5.35. The second-order valence-electron chi connectivity index (χ2n) is 6.02. The maximum atomic E-state index is 12.7. The molecule has 6 nitrogen and oxygen atoms in total. The molecule has 3 rings (SSSR count). The van der Waals surface area contributed by atoms with Crippen LogP contribution in [0.25, 0.3) is 0 Å². The molecule has 9 heteroatoms. The van der Waals surface area contributed by atoms with Crippen LogP contribution in [0.4, 0.5) is 11.4 Å². The molecule has 0 radical (unpaired) electrons. The number of hydrogen-bond acceptors (Lipinski definition) is 4. The van der Waals surface area contributed by atoms with E-state index in [0.29, 0.717) is 18.8 Å². The van der Waals surface area contributed by atoms with Crippen molar-refractivity contribution in [3.05, 3.63) is 53.6 Å². The molecule has 146 valence electrons. The maximum absolute atomic E-state index is 12.7. The van der Waals surface area contributed by atoms with E-state index in [9.17, 15) is 13.2 Å². The molecule has 2 N–H and O–H groups in total. The molecule has 1 heterocycles. The van der Waals surface area contributed by atoms with Gasteiger partial charge >= 0.3 is 0 Å². The summed E-state index contributed by atoms with van der Waals surface area (Å²) in [4.78, 5) is 12.1. The Morgan fingerprint density at radius 2 is 1.70 bits per heavy atom. The first-order valence-electron chi connectivity index (χ1n) is 8.35. The molecule has 1 fully saturated rings. The highest BCUT2D eigenvalue weighted by atomic mass is 35.5. The lowest BCUT2D eigenvalue weighted by Gasteiger charge is -2.17. The van der Waals surface area contributed by atoms with E-state index in [0.717, 1.165) is 18.5 Å². The summed E-state index contributed by atoms with van der Waals surface area (Å²) in [6.45, 7) is 1.06. The Hall–Kier alpha value is -1.80. The molecule has 1 saturated heterocycles. The van der Waals surface area contributed by atoms with Gasteiger partial charge in [-0.15, -0.1) is 12.4 Å². The van der Waals surface area contributed by atoms with E-state index in [4.69, 9.17) is 11.6 Å². The van der Waals surface area contributed by atoms with Gasteiger partial charge in [-0.05, 0) is 43.2 Å². The number of halogens is 2. The number of amides is 1. The Balaban J connectivity index is 0.00000261. The van der Waals surface area contributed by atoms with E-state index in [1.807, 2.05) is 30.3 Å². The largest absolute Gasteiger partial charge is 0.376 e. The average Bonchev–Trinajstić information content (AvgIpc) is 3.18. The number of nitrogens with zero attached hydrogens (tertiary/aromatic N) is 1. The van der Waals surface area contributed by atoms with Crippen molar-refractivity contribution < 1.29 is 13.2 Å². The van der Waals surface area contributed by atoms with Crippen LogP contribution < -0.4 is 10.6 Å². The van der Waals surface area contributed by atoms with Crippen LogP contribution >= 0.6 is 24.0 Å². The zero-order valence-electron chi connectivity index (χ0n) is 14.5. The molecule has 0 unspecified atom stereocenters. The van der Waals surface area contributed by atoms with Gasteiger partial charge in [0.15, 0.2) is 0 Å². The molecular weight excluding hydrogens is 409 g/mol. The fourth-order valence-corrected chi connectivity index (χ4v) is 4.81. The fourth-order valence-electron chi connectivity index (χ4n) is 2.79. The molecule has 0 saturated carbocycles. The van der Waals surface area contributed by atoms with Crippen LogP contribution in [0.5, 0.6) is 0 Å². The van der Waals surface area contributed by atoms with Gasteiger partial charge in [-0.3, -0.25) is 4.79 Å². The van der Waals surface area contributed by atoms with Gasteiger partial charge in [0.1, 0.15) is 4.90 Å². The predicted octanol–water partition coefficient (Wildman–Crippen LogP) is 3.60. The lowest BCUT2D eigenvalue weighted by atomic mass is 10.3. The van der Waals surface area contributed by atoms with E-state index < -0.39 is 10.0 Å². The first kappa shape index (κ1) is 21.5. The van der Waals surface area contributed by atoms with Crippen LogP contribution in [0.15, 0.2) is 53.4 Å². The standard InChI is InChI=1S/C18H20ClN3O3S.ClH/c19-16-9-8-15(12-17(16)26(24,25)22-10-4-5-11-22)21-18(23)13-20-14-6-2-1-3-7-14;/h1-3,6-9,12,20H,4-5,10-11,13H2,(H,21,23);1H. The normalized spacial score (nSPS) is 14.4. The number of nitrogens with one attached hydrogen (secondary N) is 2. The second kappa shape index (κ2) is 9.41. The average molecular weight is 430 g/mol. The minimum Gasteiger partial charge on any atom is -0.376 e. The summed E-state index contributed by atoms with van der Waals surface area (Å²) in [5.74, 6) is -0.277.